The van der Waals surface area contributed by atoms with E-state index in [-0.39, 0.29) is 6.17 Å². The van der Waals surface area contributed by atoms with E-state index >= 15 is 0 Å². The van der Waals surface area contributed by atoms with E-state index < -0.39 is 5.63 Å². The third-order valence-corrected chi connectivity index (χ3v) is 4.47. The van der Waals surface area contributed by atoms with Crippen LogP contribution in [0.1, 0.15) is 5.56 Å². The van der Waals surface area contributed by atoms with Crippen molar-refractivity contribution < 1.29 is 13.9 Å². The van der Waals surface area contributed by atoms with Gasteiger partial charge in [-0.1, -0.05) is 12.1 Å². The number of hydrogen-bond donors (Lipinski definition) is 4. The molecule has 1 aromatic heterocycles. The Morgan fingerprint density at radius 2 is 1.81 bits per heavy atom. The summed E-state index contributed by atoms with van der Waals surface area (Å²) in [7, 11) is 1.62. The minimum atomic E-state index is -0.402. The lowest BCUT2D eigenvalue weighted by Gasteiger charge is -2.15. The van der Waals surface area contributed by atoms with Crippen LogP contribution in [0.25, 0.3) is 22.1 Å². The van der Waals surface area contributed by atoms with Crippen LogP contribution in [-0.4, -0.2) is 19.9 Å². The molecule has 4 rings (SSSR count). The van der Waals surface area contributed by atoms with E-state index in [1.807, 2.05) is 43.3 Å². The van der Waals surface area contributed by atoms with Crippen molar-refractivity contribution in [3.05, 3.63) is 58.4 Å². The molecule has 0 atom stereocenters. The number of rotatable bonds is 5. The molecule has 0 amide bonds. The summed E-state index contributed by atoms with van der Waals surface area (Å²) >= 11 is 0. The summed E-state index contributed by atoms with van der Waals surface area (Å²) in [6, 6.07) is 12.9. The van der Waals surface area contributed by atoms with E-state index in [1.54, 1.807) is 7.11 Å². The van der Waals surface area contributed by atoms with Crippen molar-refractivity contribution in [1.82, 2.24) is 21.9 Å². The van der Waals surface area contributed by atoms with Gasteiger partial charge in [-0.2, -0.15) is 11.1 Å². The van der Waals surface area contributed by atoms with Crippen LogP contribution < -0.4 is 37.0 Å². The quantitative estimate of drug-likeness (QED) is 0.505. The van der Waals surface area contributed by atoms with Crippen molar-refractivity contribution in [3.63, 3.8) is 0 Å². The predicted octanol–water partition coefficient (Wildman–Crippen LogP) is 1.60. The summed E-state index contributed by atoms with van der Waals surface area (Å²) < 4.78 is 16.6. The van der Waals surface area contributed by atoms with Gasteiger partial charge in [0, 0.05) is 17.0 Å². The number of benzene rings is 2. The number of hydrogen-bond acceptors (Lipinski definition) is 8. The largest absolute Gasteiger partial charge is 0.497 e. The molecular formula is C19H20N4O4. The van der Waals surface area contributed by atoms with Crippen molar-refractivity contribution >= 4 is 11.0 Å². The number of nitrogens with one attached hydrogen (secondary N) is 4. The summed E-state index contributed by atoms with van der Waals surface area (Å²) in [6.07, 6.45) is -0.0854. The van der Waals surface area contributed by atoms with Crippen LogP contribution in [0.4, 0.5) is 0 Å². The van der Waals surface area contributed by atoms with Gasteiger partial charge < -0.3 is 13.9 Å². The molecule has 8 nitrogen and oxygen atoms in total. The van der Waals surface area contributed by atoms with Crippen molar-refractivity contribution in [2.75, 3.05) is 13.7 Å². The Labute approximate surface area is 155 Å². The lowest BCUT2D eigenvalue weighted by Crippen LogP contribution is -2.39. The van der Waals surface area contributed by atoms with Crippen molar-refractivity contribution in [2.24, 2.45) is 0 Å². The van der Waals surface area contributed by atoms with Gasteiger partial charge in [-0.15, -0.1) is 0 Å². The predicted molar refractivity (Wildman–Crippen MR) is 101 cm³/mol. The van der Waals surface area contributed by atoms with Gasteiger partial charge in [-0.25, -0.2) is 15.6 Å². The summed E-state index contributed by atoms with van der Waals surface area (Å²) in [5, 5.41) is 0.852. The molecule has 1 saturated heterocycles. The Morgan fingerprint density at radius 1 is 1.07 bits per heavy atom. The van der Waals surface area contributed by atoms with Gasteiger partial charge in [0.1, 0.15) is 29.9 Å². The maximum absolute atomic E-state index is 12.2. The molecule has 4 N–H and O–H groups in total. The molecule has 140 valence electrons. The van der Waals surface area contributed by atoms with Crippen LogP contribution in [0, 0.1) is 6.92 Å². The minimum absolute atomic E-state index is 0.0854. The van der Waals surface area contributed by atoms with E-state index in [9.17, 15) is 4.79 Å². The number of fused-ring (bicyclic) bond motifs is 1. The van der Waals surface area contributed by atoms with E-state index in [2.05, 4.69) is 21.9 Å². The molecule has 8 heteroatoms. The van der Waals surface area contributed by atoms with E-state index in [1.165, 1.54) is 6.07 Å². The molecule has 2 heterocycles. The Morgan fingerprint density at radius 3 is 2.52 bits per heavy atom. The first-order chi connectivity index (χ1) is 13.2. The minimum Gasteiger partial charge on any atom is -0.497 e. The summed E-state index contributed by atoms with van der Waals surface area (Å²) in [4.78, 5) is 12.2. The second-order valence-corrected chi connectivity index (χ2v) is 6.18. The van der Waals surface area contributed by atoms with Gasteiger partial charge in [-0.05, 0) is 42.3 Å². The molecule has 0 bridgehead atoms. The second-order valence-electron chi connectivity index (χ2n) is 6.18. The van der Waals surface area contributed by atoms with Crippen LogP contribution in [0.2, 0.25) is 0 Å². The highest BCUT2D eigenvalue weighted by molar-refractivity contribution is 5.95. The zero-order chi connectivity index (χ0) is 18.8. The van der Waals surface area contributed by atoms with Crippen molar-refractivity contribution in [1.29, 1.82) is 0 Å². The molecule has 3 aromatic rings. The lowest BCUT2D eigenvalue weighted by molar-refractivity contribution is 0.259. The maximum atomic E-state index is 12.2. The highest BCUT2D eigenvalue weighted by Gasteiger charge is 2.16. The van der Waals surface area contributed by atoms with E-state index in [0.717, 1.165) is 27.8 Å². The fraction of sp³-hybridized carbons (Fsp3) is 0.211. The highest BCUT2D eigenvalue weighted by Crippen LogP contribution is 2.33. The van der Waals surface area contributed by atoms with Gasteiger partial charge >= 0.3 is 5.63 Å². The van der Waals surface area contributed by atoms with E-state index in [4.69, 9.17) is 13.9 Å². The molecule has 0 spiro atoms. The average Bonchev–Trinajstić information content (AvgIpc) is 3.21. The van der Waals surface area contributed by atoms with Gasteiger partial charge in [0.25, 0.3) is 0 Å². The first-order valence-electron chi connectivity index (χ1n) is 8.51. The molecule has 2 aromatic carbocycles. The molecule has 1 aliphatic rings. The van der Waals surface area contributed by atoms with Gasteiger partial charge in [-0.3, -0.25) is 0 Å². The van der Waals surface area contributed by atoms with E-state index in [0.29, 0.717) is 17.9 Å². The van der Waals surface area contributed by atoms with Crippen LogP contribution in [0.15, 0.2) is 51.7 Å². The third kappa shape index (κ3) is 3.51. The molecular weight excluding hydrogens is 348 g/mol. The highest BCUT2D eigenvalue weighted by atomic mass is 16.5. The Kier molecular flexibility index (Phi) is 4.78. The second kappa shape index (κ2) is 7.37. The number of methoxy groups -OCH3 is 1. The molecule has 0 aliphatic carbocycles. The first-order valence-corrected chi connectivity index (χ1v) is 8.51. The standard InChI is InChI=1S/C19H20N4O4/c1-11-16(26-10-17-20-22-23-21-17)8-7-14-15(9-18(24)27-19(11)14)12-3-5-13(25-2)6-4-12/h3-9,17,20-23H,10H2,1-2H3. The lowest BCUT2D eigenvalue weighted by atomic mass is 10.00. The SMILES string of the molecule is COc1ccc(-c2cc(=O)oc3c(C)c(OCC4NNNN4)ccc23)cc1. The summed E-state index contributed by atoms with van der Waals surface area (Å²) in [5.41, 5.74) is 14.0. The summed E-state index contributed by atoms with van der Waals surface area (Å²) in [5.74, 6) is 1.42. The number of ether oxygens (including phenoxy) is 2. The third-order valence-electron chi connectivity index (χ3n) is 4.47. The van der Waals surface area contributed by atoms with Gasteiger partial charge in [0.15, 0.2) is 0 Å². The normalized spacial score (nSPS) is 14.6. The number of hydrazine groups is 3. The first kappa shape index (κ1) is 17.5. The average molecular weight is 368 g/mol. The topological polar surface area (TPSA) is 96.8 Å². The van der Waals surface area contributed by atoms with Crippen molar-refractivity contribution in [3.8, 4) is 22.6 Å². The Balaban J connectivity index is 1.72. The Hall–Kier alpha value is -2.91. The molecule has 0 radical (unpaired) electrons. The molecule has 27 heavy (non-hydrogen) atoms. The van der Waals surface area contributed by atoms with Crippen LogP contribution in [0.3, 0.4) is 0 Å². The molecule has 0 saturated carbocycles. The van der Waals surface area contributed by atoms with Crippen LogP contribution >= 0.6 is 0 Å². The maximum Gasteiger partial charge on any atom is 0.336 e. The fourth-order valence-corrected chi connectivity index (χ4v) is 3.05. The molecule has 1 fully saturated rings. The van der Waals surface area contributed by atoms with Crippen LogP contribution in [-0.2, 0) is 0 Å². The van der Waals surface area contributed by atoms with Gasteiger partial charge in [0.05, 0.1) is 7.11 Å². The molecule has 0 unspecified atom stereocenters. The van der Waals surface area contributed by atoms with Crippen molar-refractivity contribution in [2.45, 2.75) is 13.1 Å². The van der Waals surface area contributed by atoms with Crippen LogP contribution in [0.5, 0.6) is 11.5 Å². The molecule has 1 aliphatic heterocycles. The summed E-state index contributed by atoms with van der Waals surface area (Å²) in [6.45, 7) is 2.26. The monoisotopic (exact) mass is 368 g/mol. The number of aryl methyl sites for hydroxylation is 1. The zero-order valence-electron chi connectivity index (χ0n) is 15.0. The fourth-order valence-electron chi connectivity index (χ4n) is 3.05. The van der Waals surface area contributed by atoms with Gasteiger partial charge in [0.2, 0.25) is 0 Å². The zero-order valence-corrected chi connectivity index (χ0v) is 15.0. The smallest absolute Gasteiger partial charge is 0.336 e. The Bertz CT molecular complexity index is 1010.